The van der Waals surface area contributed by atoms with Crippen LogP contribution in [0.2, 0.25) is 0 Å². The van der Waals surface area contributed by atoms with Crippen molar-refractivity contribution in [1.29, 1.82) is 0 Å². The maximum atomic E-state index is 13.2. The number of hydrogen-bond acceptors (Lipinski definition) is 6. The standard InChI is InChI=1S/C20H32N4O4/c1-4-16-19(14(2)28-21-16)20(27)24-8-7-17(15(13-24)5-6-18(25)26)23-11-9-22(3)10-12-23/h15,17H,4-13H2,1-3H3,(H,25,26)/t15-,17+/m1/s1. The average Bonchev–Trinajstić information content (AvgIpc) is 3.06. The third kappa shape index (κ3) is 4.55. The van der Waals surface area contributed by atoms with Crippen LogP contribution in [-0.4, -0.2) is 89.2 Å². The van der Waals surface area contributed by atoms with Gasteiger partial charge < -0.3 is 19.4 Å². The summed E-state index contributed by atoms with van der Waals surface area (Å²) in [6.07, 6.45) is 2.27. The fraction of sp³-hybridized carbons (Fsp3) is 0.750. The van der Waals surface area contributed by atoms with Crippen LogP contribution in [0.3, 0.4) is 0 Å². The number of aliphatic carboxylic acids is 1. The topological polar surface area (TPSA) is 90.1 Å². The number of carbonyl (C=O) groups excluding carboxylic acids is 1. The molecule has 0 aromatic carbocycles. The summed E-state index contributed by atoms with van der Waals surface area (Å²) in [6.45, 7) is 9.09. The van der Waals surface area contributed by atoms with Crippen molar-refractivity contribution in [2.75, 3.05) is 46.3 Å². The van der Waals surface area contributed by atoms with Gasteiger partial charge in [0.25, 0.3) is 5.91 Å². The molecule has 0 saturated carbocycles. The van der Waals surface area contributed by atoms with E-state index in [0.29, 0.717) is 49.0 Å². The molecule has 2 aliphatic rings. The molecule has 0 unspecified atom stereocenters. The van der Waals surface area contributed by atoms with Crippen molar-refractivity contribution in [1.82, 2.24) is 19.9 Å². The number of piperazine rings is 1. The maximum absolute atomic E-state index is 13.2. The van der Waals surface area contributed by atoms with E-state index in [-0.39, 0.29) is 18.2 Å². The van der Waals surface area contributed by atoms with Gasteiger partial charge in [0.05, 0.1) is 5.69 Å². The van der Waals surface area contributed by atoms with Gasteiger partial charge in [0.2, 0.25) is 0 Å². The minimum atomic E-state index is -0.774. The van der Waals surface area contributed by atoms with E-state index < -0.39 is 5.97 Å². The molecule has 2 fully saturated rings. The number of carboxylic acids is 1. The Labute approximate surface area is 166 Å². The SMILES string of the molecule is CCc1noc(C)c1C(=O)N1CC[C@H](N2CCN(C)CC2)[C@H](CCC(=O)O)C1. The number of carbonyl (C=O) groups is 2. The first-order valence-electron chi connectivity index (χ1n) is 10.3. The molecule has 0 spiro atoms. The zero-order chi connectivity index (χ0) is 20.3. The average molecular weight is 393 g/mol. The Bertz CT molecular complexity index is 696. The van der Waals surface area contributed by atoms with Gasteiger partial charge in [-0.3, -0.25) is 14.5 Å². The monoisotopic (exact) mass is 392 g/mol. The number of hydrogen-bond donors (Lipinski definition) is 1. The van der Waals surface area contributed by atoms with E-state index in [1.165, 1.54) is 0 Å². The molecule has 3 heterocycles. The Hall–Kier alpha value is -1.93. The minimum Gasteiger partial charge on any atom is -0.481 e. The lowest BCUT2D eigenvalue weighted by molar-refractivity contribution is -0.137. The highest BCUT2D eigenvalue weighted by molar-refractivity contribution is 5.96. The van der Waals surface area contributed by atoms with E-state index in [1.54, 1.807) is 6.92 Å². The van der Waals surface area contributed by atoms with Crippen molar-refractivity contribution < 1.29 is 19.2 Å². The van der Waals surface area contributed by atoms with Crippen LogP contribution in [-0.2, 0) is 11.2 Å². The second-order valence-corrected chi connectivity index (χ2v) is 8.05. The molecular weight excluding hydrogens is 360 g/mol. The summed E-state index contributed by atoms with van der Waals surface area (Å²) in [5, 5.41) is 13.2. The van der Waals surface area contributed by atoms with Crippen molar-refractivity contribution in [3.63, 3.8) is 0 Å². The highest BCUT2D eigenvalue weighted by atomic mass is 16.5. The third-order valence-electron chi connectivity index (χ3n) is 6.20. The van der Waals surface area contributed by atoms with Crippen molar-refractivity contribution in [2.45, 2.75) is 45.6 Å². The fourth-order valence-corrected chi connectivity index (χ4v) is 4.52. The molecule has 8 heteroatoms. The number of likely N-dealkylation sites (tertiary alicyclic amines) is 1. The third-order valence-corrected chi connectivity index (χ3v) is 6.20. The molecule has 8 nitrogen and oxygen atoms in total. The highest BCUT2D eigenvalue weighted by Gasteiger charge is 2.37. The molecule has 0 bridgehead atoms. The van der Waals surface area contributed by atoms with Gasteiger partial charge in [-0.25, -0.2) is 0 Å². The Morgan fingerprint density at radius 3 is 2.57 bits per heavy atom. The smallest absolute Gasteiger partial charge is 0.303 e. The lowest BCUT2D eigenvalue weighted by atomic mass is 9.86. The Balaban J connectivity index is 1.73. The molecule has 2 aliphatic heterocycles. The molecule has 1 aromatic rings. The summed E-state index contributed by atoms with van der Waals surface area (Å²) < 4.78 is 5.24. The quantitative estimate of drug-likeness (QED) is 0.784. The number of aromatic nitrogens is 1. The van der Waals surface area contributed by atoms with E-state index in [4.69, 9.17) is 4.52 Å². The van der Waals surface area contributed by atoms with Crippen LogP contribution in [0.15, 0.2) is 4.52 Å². The molecule has 3 rings (SSSR count). The number of piperidine rings is 1. The summed E-state index contributed by atoms with van der Waals surface area (Å²) in [4.78, 5) is 31.0. The molecule has 0 radical (unpaired) electrons. The van der Waals surface area contributed by atoms with Crippen molar-refractivity contribution in [3.8, 4) is 0 Å². The second-order valence-electron chi connectivity index (χ2n) is 8.05. The number of carboxylic acid groups (broad SMARTS) is 1. The van der Waals surface area contributed by atoms with Gasteiger partial charge in [-0.15, -0.1) is 0 Å². The predicted octanol–water partition coefficient (Wildman–Crippen LogP) is 1.49. The van der Waals surface area contributed by atoms with Crippen LogP contribution in [0.5, 0.6) is 0 Å². The first-order chi connectivity index (χ1) is 13.4. The number of rotatable bonds is 6. The maximum Gasteiger partial charge on any atom is 0.303 e. The molecule has 1 aromatic heterocycles. The molecule has 1 amide bonds. The van der Waals surface area contributed by atoms with Crippen LogP contribution < -0.4 is 0 Å². The normalized spacial score (nSPS) is 24.5. The Morgan fingerprint density at radius 1 is 1.21 bits per heavy atom. The zero-order valence-corrected chi connectivity index (χ0v) is 17.2. The van der Waals surface area contributed by atoms with Crippen LogP contribution >= 0.6 is 0 Å². The van der Waals surface area contributed by atoms with Crippen molar-refractivity contribution >= 4 is 11.9 Å². The van der Waals surface area contributed by atoms with Gasteiger partial charge in [0, 0.05) is 51.7 Å². The summed E-state index contributed by atoms with van der Waals surface area (Å²) >= 11 is 0. The number of amides is 1. The molecule has 1 N–H and O–H groups in total. The molecular formula is C20H32N4O4. The number of aryl methyl sites for hydroxylation is 2. The van der Waals surface area contributed by atoms with Gasteiger partial charge in [0.15, 0.2) is 0 Å². The van der Waals surface area contributed by atoms with Gasteiger partial charge in [-0.2, -0.15) is 0 Å². The van der Waals surface area contributed by atoms with E-state index in [2.05, 4.69) is 22.0 Å². The Kier molecular flexibility index (Phi) is 6.72. The lowest BCUT2D eigenvalue weighted by Crippen LogP contribution is -2.57. The first kappa shape index (κ1) is 20.8. The number of nitrogens with zero attached hydrogens (tertiary/aromatic N) is 4. The molecule has 28 heavy (non-hydrogen) atoms. The second kappa shape index (κ2) is 9.05. The van der Waals surface area contributed by atoms with Gasteiger partial charge in [0.1, 0.15) is 11.3 Å². The lowest BCUT2D eigenvalue weighted by Gasteiger charge is -2.46. The molecule has 156 valence electrons. The molecule has 0 aliphatic carbocycles. The largest absolute Gasteiger partial charge is 0.481 e. The van der Waals surface area contributed by atoms with Crippen LogP contribution in [0, 0.1) is 12.8 Å². The summed E-state index contributed by atoms with van der Waals surface area (Å²) in [5.41, 5.74) is 1.28. The van der Waals surface area contributed by atoms with E-state index in [1.807, 2.05) is 11.8 Å². The summed E-state index contributed by atoms with van der Waals surface area (Å²) in [5.74, 6) is -0.0796. The van der Waals surface area contributed by atoms with Crippen molar-refractivity contribution in [2.24, 2.45) is 5.92 Å². The minimum absolute atomic E-state index is 0.0345. The summed E-state index contributed by atoms with van der Waals surface area (Å²) in [6, 6.07) is 0.339. The first-order valence-corrected chi connectivity index (χ1v) is 10.3. The predicted molar refractivity (Wildman–Crippen MR) is 104 cm³/mol. The van der Waals surface area contributed by atoms with Gasteiger partial charge >= 0.3 is 5.97 Å². The van der Waals surface area contributed by atoms with Crippen LogP contribution in [0.25, 0.3) is 0 Å². The molecule has 2 saturated heterocycles. The van der Waals surface area contributed by atoms with Crippen LogP contribution in [0.4, 0.5) is 0 Å². The fourth-order valence-electron chi connectivity index (χ4n) is 4.52. The van der Waals surface area contributed by atoms with Gasteiger partial charge in [-0.1, -0.05) is 12.1 Å². The van der Waals surface area contributed by atoms with E-state index in [0.717, 1.165) is 32.6 Å². The summed E-state index contributed by atoms with van der Waals surface area (Å²) in [7, 11) is 2.13. The van der Waals surface area contributed by atoms with E-state index in [9.17, 15) is 14.7 Å². The Morgan fingerprint density at radius 2 is 1.93 bits per heavy atom. The molecule has 2 atom stereocenters. The van der Waals surface area contributed by atoms with Gasteiger partial charge in [-0.05, 0) is 39.2 Å². The van der Waals surface area contributed by atoms with Crippen molar-refractivity contribution in [3.05, 3.63) is 17.0 Å². The highest BCUT2D eigenvalue weighted by Crippen LogP contribution is 2.29. The van der Waals surface area contributed by atoms with E-state index >= 15 is 0 Å². The number of likely N-dealkylation sites (N-methyl/N-ethyl adjacent to an activating group) is 1. The van der Waals surface area contributed by atoms with Crippen LogP contribution in [0.1, 0.15) is 48.0 Å². The zero-order valence-electron chi connectivity index (χ0n) is 17.2.